The summed E-state index contributed by atoms with van der Waals surface area (Å²) in [5, 5.41) is 2.60. The van der Waals surface area contributed by atoms with Crippen LogP contribution in [0.2, 0.25) is 39.3 Å². The Hall–Kier alpha value is -0.579. The molecule has 2 aromatic carbocycles. The number of ether oxygens (including phenoxy) is 1. The predicted octanol–water partition coefficient (Wildman–Crippen LogP) is 2.84. The Bertz CT molecular complexity index is 696. The van der Waals surface area contributed by atoms with E-state index in [0.29, 0.717) is 18.6 Å². The lowest BCUT2D eigenvalue weighted by atomic mass is 10.3. The van der Waals surface area contributed by atoms with Crippen LogP contribution >= 0.6 is 0 Å². The fraction of sp³-hybridized carbons (Fsp3) is 0.333. The molecule has 0 spiro atoms. The molecule has 28 heavy (non-hydrogen) atoms. The first kappa shape index (κ1) is 23.7. The van der Waals surface area contributed by atoms with Gasteiger partial charge in [-0.3, -0.25) is 4.58 Å². The number of rotatable bonds is 11. The van der Waals surface area contributed by atoms with Gasteiger partial charge in [-0.05, 0) is 49.1 Å². The molecule has 0 aliphatic carbocycles. The summed E-state index contributed by atoms with van der Waals surface area (Å²) in [6.45, 7) is 13.2. The van der Waals surface area contributed by atoms with Gasteiger partial charge >= 0.3 is 0 Å². The summed E-state index contributed by atoms with van der Waals surface area (Å²) in [4.78, 5) is 0. The summed E-state index contributed by atoms with van der Waals surface area (Å²) >= 11 is 0. The Morgan fingerprint density at radius 3 is 1.71 bits per heavy atom. The maximum absolute atomic E-state index is 6.04. The van der Waals surface area contributed by atoms with E-state index >= 15 is 0 Å². The van der Waals surface area contributed by atoms with Gasteiger partial charge in [-0.1, -0.05) is 49.1 Å². The first-order valence-corrected chi connectivity index (χ1v) is 21.7. The summed E-state index contributed by atoms with van der Waals surface area (Å²) < 4.78 is 22.7. The smallest absolute Gasteiger partial charge is 0.265 e. The number of hydrogen-bond acceptors (Lipinski definition) is 4. The normalized spacial score (nSPS) is 11.8. The van der Waals surface area contributed by atoms with E-state index in [0.717, 1.165) is 11.5 Å². The van der Waals surface area contributed by atoms with E-state index in [2.05, 4.69) is 63.5 Å². The second-order valence-electron chi connectivity index (χ2n) is 6.71. The molecule has 0 aliphatic rings. The van der Waals surface area contributed by atoms with Gasteiger partial charge in [0.15, 0.2) is 9.28 Å². The molecule has 2 aromatic rings. The maximum atomic E-state index is 6.04. The summed E-state index contributed by atoms with van der Waals surface area (Å²) in [7, 11) is -1.69. The fourth-order valence-electron chi connectivity index (χ4n) is 2.13. The Morgan fingerprint density at radius 1 is 0.679 bits per heavy atom. The predicted molar refractivity (Wildman–Crippen MR) is 125 cm³/mol. The first-order chi connectivity index (χ1) is 13.3. The molecular formula is C18H26O4Si6. The van der Waals surface area contributed by atoms with Gasteiger partial charge in [0.25, 0.3) is 18.3 Å². The van der Waals surface area contributed by atoms with Gasteiger partial charge in [-0.15, -0.1) is 0 Å². The van der Waals surface area contributed by atoms with Gasteiger partial charge < -0.3 is 13.4 Å². The van der Waals surface area contributed by atoms with E-state index in [1.165, 1.54) is 10.4 Å². The van der Waals surface area contributed by atoms with E-state index in [9.17, 15) is 0 Å². The summed E-state index contributed by atoms with van der Waals surface area (Å²) in [6, 6.07) is 16.6. The van der Waals surface area contributed by atoms with E-state index in [1.54, 1.807) is 0 Å². The summed E-state index contributed by atoms with van der Waals surface area (Å²) in [6.07, 6.45) is 0. The van der Waals surface area contributed by atoms with Gasteiger partial charge in [0.2, 0.25) is 9.04 Å². The van der Waals surface area contributed by atoms with Crippen LogP contribution in [0.15, 0.2) is 48.5 Å². The lowest BCUT2D eigenvalue weighted by molar-refractivity contribution is -0.100. The van der Waals surface area contributed by atoms with Crippen molar-refractivity contribution in [3.8, 4) is 11.5 Å². The number of benzene rings is 2. The van der Waals surface area contributed by atoms with Crippen LogP contribution in [0.3, 0.4) is 0 Å². The van der Waals surface area contributed by atoms with E-state index in [1.807, 2.05) is 24.3 Å². The minimum absolute atomic E-state index is 0.309. The fourth-order valence-corrected chi connectivity index (χ4v) is 11.2. The van der Waals surface area contributed by atoms with Crippen molar-refractivity contribution in [2.24, 2.45) is 0 Å². The average Bonchev–Trinajstić information content (AvgIpc) is 2.67. The van der Waals surface area contributed by atoms with Crippen molar-refractivity contribution in [3.63, 3.8) is 0 Å². The van der Waals surface area contributed by atoms with Crippen molar-refractivity contribution in [3.05, 3.63) is 48.5 Å². The Morgan fingerprint density at radius 2 is 1.21 bits per heavy atom. The van der Waals surface area contributed by atoms with Crippen LogP contribution in [0.25, 0.3) is 0 Å². The SMILES string of the molecule is C[Si](C)OO[Si][Si](C)c1ccc(Oc2ccc([Si](C)O[Si][Si](C)C)cc2)cc1. The van der Waals surface area contributed by atoms with Crippen molar-refractivity contribution in [1.29, 1.82) is 0 Å². The minimum atomic E-state index is -0.913. The van der Waals surface area contributed by atoms with Gasteiger partial charge in [0.1, 0.15) is 19.8 Å². The molecule has 0 fully saturated rings. The third kappa shape index (κ3) is 8.42. The van der Waals surface area contributed by atoms with Crippen LogP contribution in [-0.4, -0.2) is 53.3 Å². The Labute approximate surface area is 180 Å². The minimum Gasteiger partial charge on any atom is -0.457 e. The molecule has 10 heteroatoms. The van der Waals surface area contributed by atoms with E-state index in [4.69, 9.17) is 18.0 Å². The van der Waals surface area contributed by atoms with Crippen LogP contribution in [0.1, 0.15) is 0 Å². The van der Waals surface area contributed by atoms with Crippen molar-refractivity contribution >= 4 is 63.6 Å². The monoisotopic (exact) mass is 474 g/mol. The Balaban J connectivity index is 1.88. The molecule has 2 rings (SSSR count). The van der Waals surface area contributed by atoms with Crippen LogP contribution < -0.4 is 15.1 Å². The van der Waals surface area contributed by atoms with Crippen LogP contribution in [0, 0.1) is 0 Å². The third-order valence-corrected chi connectivity index (χ3v) is 13.2. The standard InChI is InChI=1S/C18H26O4Si6/c1-25(2)21-20-23-28(6)18-13-9-16(10-14-18)19-15-7-11-17(12-8-15)27(5)22-24-26(3)4/h7-14H,1-6H3. The summed E-state index contributed by atoms with van der Waals surface area (Å²) in [5.41, 5.74) is 0. The largest absolute Gasteiger partial charge is 0.457 e. The highest BCUT2D eigenvalue weighted by molar-refractivity contribution is 7.16. The Kier molecular flexibility index (Phi) is 10.3. The second kappa shape index (κ2) is 12.2. The van der Waals surface area contributed by atoms with Gasteiger partial charge in [-0.2, -0.15) is 0 Å². The average molecular weight is 475 g/mol. The highest BCUT2D eigenvalue weighted by Gasteiger charge is 2.14. The highest BCUT2D eigenvalue weighted by Crippen LogP contribution is 2.19. The topological polar surface area (TPSA) is 36.9 Å². The molecule has 4 nitrogen and oxygen atoms in total. The zero-order valence-electron chi connectivity index (χ0n) is 17.3. The molecule has 0 N–H and O–H groups in total. The van der Waals surface area contributed by atoms with Crippen LogP contribution in [0.4, 0.5) is 0 Å². The highest BCUT2D eigenvalue weighted by atomic mass is 29.2. The molecule has 0 aromatic heterocycles. The molecule has 0 amide bonds. The van der Waals surface area contributed by atoms with Crippen molar-refractivity contribution in [1.82, 2.24) is 0 Å². The van der Waals surface area contributed by atoms with Crippen LogP contribution in [-0.2, 0) is 13.3 Å². The second-order valence-corrected chi connectivity index (χ2v) is 22.1. The van der Waals surface area contributed by atoms with Gasteiger partial charge in [0, 0.05) is 0 Å². The van der Waals surface area contributed by atoms with Crippen LogP contribution in [0.5, 0.6) is 11.5 Å². The van der Waals surface area contributed by atoms with Crippen molar-refractivity contribution < 1.29 is 18.0 Å². The molecule has 0 aliphatic heterocycles. The van der Waals surface area contributed by atoms with Crippen molar-refractivity contribution in [2.75, 3.05) is 0 Å². The molecule has 0 unspecified atom stereocenters. The molecule has 0 atom stereocenters. The number of hydrogen-bond donors (Lipinski definition) is 0. The lowest BCUT2D eigenvalue weighted by Crippen LogP contribution is -2.35. The molecule has 8 radical (unpaired) electrons. The quantitative estimate of drug-likeness (QED) is 0.285. The van der Waals surface area contributed by atoms with Crippen molar-refractivity contribution in [2.45, 2.75) is 39.3 Å². The molecule has 0 bridgehead atoms. The lowest BCUT2D eigenvalue weighted by Gasteiger charge is -2.13. The third-order valence-electron chi connectivity index (χ3n) is 3.60. The summed E-state index contributed by atoms with van der Waals surface area (Å²) in [5.74, 6) is 1.70. The molecule has 0 saturated heterocycles. The molecule has 0 saturated carbocycles. The molecular weight excluding hydrogens is 449 g/mol. The maximum Gasteiger partial charge on any atom is 0.265 e. The van der Waals surface area contributed by atoms with E-state index in [-0.39, 0.29) is 8.31 Å². The zero-order valence-corrected chi connectivity index (χ0v) is 23.3. The van der Waals surface area contributed by atoms with E-state index < -0.39 is 26.4 Å². The molecule has 0 heterocycles. The zero-order chi connectivity index (χ0) is 20.5. The first-order valence-electron chi connectivity index (χ1n) is 9.03. The van der Waals surface area contributed by atoms with Gasteiger partial charge in [0.05, 0.1) is 8.31 Å². The molecule has 146 valence electrons. The van der Waals surface area contributed by atoms with Gasteiger partial charge in [-0.25, -0.2) is 0 Å².